The van der Waals surface area contributed by atoms with E-state index in [-0.39, 0.29) is 5.75 Å². The summed E-state index contributed by atoms with van der Waals surface area (Å²) in [6.07, 6.45) is 0. The number of hydrogen-bond donors (Lipinski definition) is 2. The molecule has 0 unspecified atom stereocenters. The number of rotatable bonds is 5. The number of nitrogens with one attached hydrogen (secondary N) is 1. The van der Waals surface area contributed by atoms with Crippen molar-refractivity contribution in [2.75, 3.05) is 17.7 Å². The van der Waals surface area contributed by atoms with Crippen LogP contribution in [-0.4, -0.2) is 16.4 Å². The summed E-state index contributed by atoms with van der Waals surface area (Å²) in [5.74, 6) is 0.509. The van der Waals surface area contributed by atoms with Gasteiger partial charge in [-0.2, -0.15) is 5.10 Å². The molecule has 0 atom stereocenters. The Balaban J connectivity index is 2.28. The van der Waals surface area contributed by atoms with Gasteiger partial charge in [0.2, 0.25) is 0 Å². The maximum Gasteiger partial charge on any atom is 0.167 e. The van der Waals surface area contributed by atoms with Gasteiger partial charge >= 0.3 is 0 Å². The van der Waals surface area contributed by atoms with E-state index in [2.05, 4.69) is 10.4 Å². The van der Waals surface area contributed by atoms with Gasteiger partial charge in [0.25, 0.3) is 0 Å². The lowest BCUT2D eigenvalue weighted by Crippen LogP contribution is -2.04. The molecule has 0 aliphatic heterocycles. The van der Waals surface area contributed by atoms with Gasteiger partial charge in [-0.25, -0.2) is 9.07 Å². The topological polar surface area (TPSA) is 65.1 Å². The van der Waals surface area contributed by atoms with E-state index in [0.29, 0.717) is 30.3 Å². The van der Waals surface area contributed by atoms with Crippen LogP contribution in [0.4, 0.5) is 21.6 Å². The Morgan fingerprint density at radius 2 is 2.15 bits per heavy atom. The molecule has 0 fully saturated rings. The summed E-state index contributed by atoms with van der Waals surface area (Å²) in [6, 6.07) is 4.72. The van der Waals surface area contributed by atoms with Crippen molar-refractivity contribution in [3.8, 4) is 5.75 Å². The molecule has 1 aromatic heterocycles. The normalized spacial score (nSPS) is 10.6. The molecule has 0 saturated heterocycles. The van der Waals surface area contributed by atoms with E-state index in [4.69, 9.17) is 10.5 Å². The molecular weight excluding hydrogens is 259 g/mol. The highest BCUT2D eigenvalue weighted by Crippen LogP contribution is 2.28. The molecule has 108 valence electrons. The molecule has 0 amide bonds. The minimum absolute atomic E-state index is 0.242. The molecule has 0 spiro atoms. The van der Waals surface area contributed by atoms with E-state index in [1.807, 2.05) is 20.8 Å². The van der Waals surface area contributed by atoms with Gasteiger partial charge < -0.3 is 15.8 Å². The number of aryl methyl sites for hydroxylation is 2. The van der Waals surface area contributed by atoms with Crippen molar-refractivity contribution in [1.82, 2.24) is 9.78 Å². The summed E-state index contributed by atoms with van der Waals surface area (Å²) in [7, 11) is 0. The van der Waals surface area contributed by atoms with E-state index in [9.17, 15) is 4.39 Å². The molecule has 2 rings (SSSR count). The fraction of sp³-hybridized carbons (Fsp3) is 0.357. The minimum Gasteiger partial charge on any atom is -0.491 e. The van der Waals surface area contributed by atoms with E-state index in [0.717, 1.165) is 5.69 Å². The Kier molecular flexibility index (Phi) is 4.12. The van der Waals surface area contributed by atoms with Crippen molar-refractivity contribution in [2.45, 2.75) is 27.3 Å². The Morgan fingerprint density at radius 3 is 2.75 bits per heavy atom. The third-order valence-corrected chi connectivity index (χ3v) is 2.97. The number of nitrogen functional groups attached to an aromatic ring is 1. The van der Waals surface area contributed by atoms with Crippen LogP contribution in [0.15, 0.2) is 18.2 Å². The van der Waals surface area contributed by atoms with Crippen molar-refractivity contribution in [3.63, 3.8) is 0 Å². The summed E-state index contributed by atoms with van der Waals surface area (Å²) in [5.41, 5.74) is 7.90. The van der Waals surface area contributed by atoms with Crippen LogP contribution in [0.5, 0.6) is 5.75 Å². The number of anilines is 3. The molecule has 0 saturated carbocycles. The van der Waals surface area contributed by atoms with E-state index >= 15 is 0 Å². The highest BCUT2D eigenvalue weighted by atomic mass is 19.1. The lowest BCUT2D eigenvalue weighted by atomic mass is 10.2. The lowest BCUT2D eigenvalue weighted by molar-refractivity contribution is 0.321. The van der Waals surface area contributed by atoms with Crippen molar-refractivity contribution in [1.29, 1.82) is 0 Å². The van der Waals surface area contributed by atoms with Crippen LogP contribution in [-0.2, 0) is 6.54 Å². The molecule has 0 radical (unpaired) electrons. The fourth-order valence-corrected chi connectivity index (χ4v) is 1.94. The van der Waals surface area contributed by atoms with Gasteiger partial charge in [-0.05, 0) is 32.9 Å². The van der Waals surface area contributed by atoms with Crippen molar-refractivity contribution < 1.29 is 9.13 Å². The first-order chi connectivity index (χ1) is 9.56. The van der Waals surface area contributed by atoms with Gasteiger partial charge in [0.05, 0.1) is 18.0 Å². The van der Waals surface area contributed by atoms with E-state index in [1.54, 1.807) is 16.8 Å². The summed E-state index contributed by atoms with van der Waals surface area (Å²) in [5, 5.41) is 7.41. The van der Waals surface area contributed by atoms with Gasteiger partial charge in [0, 0.05) is 18.3 Å². The maximum absolute atomic E-state index is 13.8. The largest absolute Gasteiger partial charge is 0.491 e. The first-order valence-electron chi connectivity index (χ1n) is 6.59. The second-order valence-corrected chi connectivity index (χ2v) is 4.37. The van der Waals surface area contributed by atoms with Crippen LogP contribution in [0, 0.1) is 12.7 Å². The van der Waals surface area contributed by atoms with Crippen molar-refractivity contribution >= 4 is 17.2 Å². The van der Waals surface area contributed by atoms with Crippen molar-refractivity contribution in [3.05, 3.63) is 29.7 Å². The monoisotopic (exact) mass is 278 g/mol. The quantitative estimate of drug-likeness (QED) is 0.882. The van der Waals surface area contributed by atoms with Crippen LogP contribution in [0.3, 0.4) is 0 Å². The average molecular weight is 278 g/mol. The third kappa shape index (κ3) is 2.68. The Bertz CT molecular complexity index is 609. The summed E-state index contributed by atoms with van der Waals surface area (Å²) in [6.45, 7) is 6.73. The second-order valence-electron chi connectivity index (χ2n) is 4.37. The standard InChI is InChI=1S/C14H19FN4O/c1-4-19-14(13(16)9(3)18-19)17-10-6-7-12(20-5-2)11(15)8-10/h6-8,17H,4-5,16H2,1-3H3. The lowest BCUT2D eigenvalue weighted by Gasteiger charge is -2.11. The number of nitrogens with two attached hydrogens (primary N) is 1. The minimum atomic E-state index is -0.408. The number of aromatic nitrogens is 2. The van der Waals surface area contributed by atoms with Gasteiger partial charge in [-0.1, -0.05) is 0 Å². The molecule has 3 N–H and O–H groups in total. The molecular formula is C14H19FN4O. The zero-order valence-electron chi connectivity index (χ0n) is 11.9. The first kappa shape index (κ1) is 14.2. The predicted octanol–water partition coefficient (Wildman–Crippen LogP) is 3.08. The zero-order chi connectivity index (χ0) is 14.7. The predicted molar refractivity (Wildman–Crippen MR) is 77.9 cm³/mol. The van der Waals surface area contributed by atoms with E-state index < -0.39 is 5.82 Å². The molecule has 0 aliphatic rings. The van der Waals surface area contributed by atoms with Crippen LogP contribution in [0.25, 0.3) is 0 Å². The van der Waals surface area contributed by atoms with Crippen LogP contribution < -0.4 is 15.8 Å². The van der Waals surface area contributed by atoms with Gasteiger partial charge in [0.15, 0.2) is 17.4 Å². The van der Waals surface area contributed by atoms with Gasteiger partial charge in [-0.15, -0.1) is 0 Å². The number of halogens is 1. The second kappa shape index (κ2) is 5.81. The Morgan fingerprint density at radius 1 is 1.40 bits per heavy atom. The summed E-state index contributed by atoms with van der Waals surface area (Å²) >= 11 is 0. The van der Waals surface area contributed by atoms with Crippen LogP contribution in [0.2, 0.25) is 0 Å². The van der Waals surface area contributed by atoms with Crippen LogP contribution in [0.1, 0.15) is 19.5 Å². The smallest absolute Gasteiger partial charge is 0.167 e. The molecule has 1 aromatic carbocycles. The fourth-order valence-electron chi connectivity index (χ4n) is 1.94. The molecule has 0 bridgehead atoms. The first-order valence-corrected chi connectivity index (χ1v) is 6.59. The SMILES string of the molecule is CCOc1ccc(Nc2c(N)c(C)nn2CC)cc1F. The molecule has 0 aliphatic carbocycles. The number of hydrogen-bond acceptors (Lipinski definition) is 4. The number of benzene rings is 1. The summed E-state index contributed by atoms with van der Waals surface area (Å²) < 4.78 is 20.7. The third-order valence-electron chi connectivity index (χ3n) is 2.97. The average Bonchev–Trinajstić information content (AvgIpc) is 2.70. The van der Waals surface area contributed by atoms with Crippen molar-refractivity contribution in [2.24, 2.45) is 0 Å². The Hall–Kier alpha value is -2.24. The molecule has 5 nitrogen and oxygen atoms in total. The molecule has 20 heavy (non-hydrogen) atoms. The van der Waals surface area contributed by atoms with Crippen LogP contribution >= 0.6 is 0 Å². The number of ether oxygens (including phenoxy) is 1. The van der Waals surface area contributed by atoms with E-state index in [1.165, 1.54) is 6.07 Å². The highest BCUT2D eigenvalue weighted by Gasteiger charge is 2.12. The Labute approximate surface area is 117 Å². The van der Waals surface area contributed by atoms with Gasteiger partial charge in [-0.3, -0.25) is 0 Å². The molecule has 6 heteroatoms. The zero-order valence-corrected chi connectivity index (χ0v) is 11.9. The molecule has 2 aromatic rings. The number of nitrogens with zero attached hydrogens (tertiary/aromatic N) is 2. The van der Waals surface area contributed by atoms with Gasteiger partial charge in [0.1, 0.15) is 0 Å². The molecule has 1 heterocycles. The summed E-state index contributed by atoms with van der Waals surface area (Å²) in [4.78, 5) is 0. The highest BCUT2D eigenvalue weighted by molar-refractivity contribution is 5.71. The maximum atomic E-state index is 13.8.